The molecule has 2 N–H and O–H groups in total. The van der Waals surface area contributed by atoms with Crippen LogP contribution in [0, 0.1) is 46.3 Å². The van der Waals surface area contributed by atoms with Crippen molar-refractivity contribution in [1.29, 1.82) is 0 Å². The number of rotatable bonds is 15. The van der Waals surface area contributed by atoms with Gasteiger partial charge < -0.3 is 20.1 Å². The molecule has 4 aliphatic rings. The number of carbonyl (C=O) groups is 3. The molecule has 0 bridgehead atoms. The third-order valence-corrected chi connectivity index (χ3v) is 14.2. The molecule has 2 unspecified atom stereocenters. The third kappa shape index (κ3) is 10.0. The molecule has 0 aromatic rings. The van der Waals surface area contributed by atoms with Crippen LogP contribution in [0.15, 0.2) is 24.3 Å². The monoisotopic (exact) mass is 704 g/mol. The second kappa shape index (κ2) is 17.1. The molecule has 0 heterocycles. The summed E-state index contributed by atoms with van der Waals surface area (Å²) in [5.41, 5.74) is 1.63. The Labute approximate surface area is 299 Å². The number of nitrogens with one attached hydrogen (secondary N) is 2. The number of carbonyl (C=O) groups excluding carboxylic acids is 3. The smallest absolute Gasteiger partial charge is 0.407 e. The Kier molecular flexibility index (Phi) is 13.9. The summed E-state index contributed by atoms with van der Waals surface area (Å²) in [5, 5.41) is 5.39. The van der Waals surface area contributed by atoms with Gasteiger partial charge in [0.15, 0.2) is 0 Å². The summed E-state index contributed by atoms with van der Waals surface area (Å²) in [6, 6.07) is 0. The van der Waals surface area contributed by atoms with Crippen LogP contribution in [0.2, 0.25) is 0 Å². The SMILES string of the molecule is C=C[C@H](CCCC(C)C)[C@H]1CCC2[C@@H]3CC=C4C[C@@H](OC(=O)CSSCC(=O)NCCNC(=O)OC(C)(C)C)CC[C@]4(C)C3CC[C@@]21C. The highest BCUT2D eigenvalue weighted by atomic mass is 33.1. The van der Waals surface area contributed by atoms with Crippen molar-refractivity contribution < 1.29 is 23.9 Å². The summed E-state index contributed by atoms with van der Waals surface area (Å²) in [4.78, 5) is 36.5. The van der Waals surface area contributed by atoms with Gasteiger partial charge in [-0.05, 0) is 118 Å². The van der Waals surface area contributed by atoms with Crippen LogP contribution >= 0.6 is 21.6 Å². The van der Waals surface area contributed by atoms with Crippen LogP contribution in [0.3, 0.4) is 0 Å². The van der Waals surface area contributed by atoms with Gasteiger partial charge in [-0.3, -0.25) is 9.59 Å². The Bertz CT molecular complexity index is 1170. The number of hydrogen-bond acceptors (Lipinski definition) is 7. The second-order valence-corrected chi connectivity index (χ2v) is 19.3. The molecule has 272 valence electrons. The number of fused-ring (bicyclic) bond motifs is 5. The molecule has 9 heteroatoms. The van der Waals surface area contributed by atoms with Crippen LogP contribution in [0.25, 0.3) is 0 Å². The number of ether oxygens (including phenoxy) is 2. The number of esters is 1. The van der Waals surface area contributed by atoms with Gasteiger partial charge >= 0.3 is 12.1 Å². The largest absolute Gasteiger partial charge is 0.461 e. The molecule has 0 aromatic carbocycles. The minimum Gasteiger partial charge on any atom is -0.461 e. The van der Waals surface area contributed by atoms with Gasteiger partial charge in [-0.25, -0.2) is 4.79 Å². The van der Waals surface area contributed by atoms with Crippen LogP contribution in [0.1, 0.15) is 119 Å². The van der Waals surface area contributed by atoms with Crippen molar-refractivity contribution in [3.63, 3.8) is 0 Å². The number of hydrogen-bond donors (Lipinski definition) is 2. The van der Waals surface area contributed by atoms with Crippen molar-refractivity contribution in [3.05, 3.63) is 24.3 Å². The van der Waals surface area contributed by atoms with Crippen LogP contribution < -0.4 is 10.6 Å². The van der Waals surface area contributed by atoms with E-state index in [0.29, 0.717) is 24.4 Å². The van der Waals surface area contributed by atoms with Gasteiger partial charge in [0.05, 0.1) is 5.75 Å². The van der Waals surface area contributed by atoms with Gasteiger partial charge in [0.2, 0.25) is 5.91 Å². The maximum Gasteiger partial charge on any atom is 0.407 e. The standard InChI is InChI=1S/C39H64N2O5S2/c1-9-27(12-10-11-26(2)3)31-15-16-32-30-14-13-28-23-29(17-19-38(28,7)33(30)18-20-39(31,32)8)45-35(43)25-48-47-24-34(42)40-21-22-41-36(44)46-37(4,5)6/h9,13,26-27,29-33H,1,10-12,14-25H2,2-8H3,(H,40,42)(H,41,44)/t27-,29+,30+,31-,32?,33?,38+,39-/m1/s1. The van der Waals surface area contributed by atoms with E-state index in [0.717, 1.165) is 48.9 Å². The molecular formula is C39H64N2O5S2. The van der Waals surface area contributed by atoms with E-state index in [9.17, 15) is 14.4 Å². The van der Waals surface area contributed by atoms with E-state index in [4.69, 9.17) is 9.47 Å². The molecule has 0 aromatic heterocycles. The molecule has 7 nitrogen and oxygen atoms in total. The minimum atomic E-state index is -0.559. The Morgan fingerprint density at radius 2 is 1.73 bits per heavy atom. The molecule has 0 saturated heterocycles. The van der Waals surface area contributed by atoms with Gasteiger partial charge in [0, 0.05) is 19.5 Å². The average Bonchev–Trinajstić information content (AvgIpc) is 3.36. The van der Waals surface area contributed by atoms with Crippen molar-refractivity contribution in [3.8, 4) is 0 Å². The van der Waals surface area contributed by atoms with E-state index in [1.165, 1.54) is 78.5 Å². The fourth-order valence-corrected chi connectivity index (χ4v) is 11.5. The van der Waals surface area contributed by atoms with Crippen molar-refractivity contribution >= 4 is 39.6 Å². The summed E-state index contributed by atoms with van der Waals surface area (Å²) >= 11 is 0. The first kappa shape index (κ1) is 39.2. The molecule has 0 radical (unpaired) electrons. The molecule has 3 saturated carbocycles. The normalized spacial score (nSPS) is 31.8. The zero-order valence-electron chi connectivity index (χ0n) is 30.9. The molecule has 4 rings (SSSR count). The second-order valence-electron chi connectivity index (χ2n) is 16.9. The molecule has 0 spiro atoms. The van der Waals surface area contributed by atoms with Crippen LogP contribution in [0.4, 0.5) is 4.79 Å². The summed E-state index contributed by atoms with van der Waals surface area (Å²) in [6.45, 7) is 20.2. The molecular weight excluding hydrogens is 641 g/mol. The fraction of sp³-hybridized carbons (Fsp3) is 0.821. The highest BCUT2D eigenvalue weighted by Crippen LogP contribution is 2.67. The minimum absolute atomic E-state index is 0.0522. The van der Waals surface area contributed by atoms with Crippen molar-refractivity contribution in [2.45, 2.75) is 131 Å². The number of alkyl carbamates (subject to hydrolysis) is 1. The van der Waals surface area contributed by atoms with Gasteiger partial charge in [0.25, 0.3) is 0 Å². The van der Waals surface area contributed by atoms with Crippen LogP contribution in [-0.2, 0) is 19.1 Å². The number of amides is 2. The highest BCUT2D eigenvalue weighted by Gasteiger charge is 2.59. The Hall–Kier alpha value is -1.61. The number of allylic oxidation sites excluding steroid dienone is 2. The summed E-state index contributed by atoms with van der Waals surface area (Å²) in [5.74, 6) is 4.64. The molecule has 8 atom stereocenters. The fourth-order valence-electron chi connectivity index (χ4n) is 9.85. The zero-order chi connectivity index (χ0) is 35.1. The first-order valence-corrected chi connectivity index (χ1v) is 21.1. The Morgan fingerprint density at radius 1 is 1.00 bits per heavy atom. The topological polar surface area (TPSA) is 93.7 Å². The van der Waals surface area contributed by atoms with Crippen LogP contribution in [-0.4, -0.2) is 54.3 Å². The quantitative estimate of drug-likeness (QED) is 0.0760. The first-order chi connectivity index (χ1) is 22.7. The van der Waals surface area contributed by atoms with Gasteiger partial charge in [-0.2, -0.15) is 0 Å². The van der Waals surface area contributed by atoms with Crippen LogP contribution in [0.5, 0.6) is 0 Å². The highest BCUT2D eigenvalue weighted by molar-refractivity contribution is 8.77. The van der Waals surface area contributed by atoms with E-state index < -0.39 is 11.7 Å². The first-order valence-electron chi connectivity index (χ1n) is 18.7. The molecule has 4 aliphatic carbocycles. The lowest BCUT2D eigenvalue weighted by Crippen LogP contribution is -2.51. The van der Waals surface area contributed by atoms with Crippen molar-refractivity contribution in [2.75, 3.05) is 24.6 Å². The van der Waals surface area contributed by atoms with Gasteiger partial charge in [0.1, 0.15) is 17.5 Å². The summed E-state index contributed by atoms with van der Waals surface area (Å²) in [7, 11) is 2.70. The predicted molar refractivity (Wildman–Crippen MR) is 200 cm³/mol. The van der Waals surface area contributed by atoms with Gasteiger partial charge in [-0.15, -0.1) is 6.58 Å². The molecule has 2 amide bonds. The average molecular weight is 705 g/mol. The summed E-state index contributed by atoms with van der Waals surface area (Å²) < 4.78 is 11.2. The predicted octanol–water partition coefficient (Wildman–Crippen LogP) is 9.13. The van der Waals surface area contributed by atoms with Crippen molar-refractivity contribution in [1.82, 2.24) is 10.6 Å². The van der Waals surface area contributed by atoms with E-state index in [2.05, 4.69) is 57.1 Å². The Morgan fingerprint density at radius 3 is 2.44 bits per heavy atom. The molecule has 0 aliphatic heterocycles. The lowest BCUT2D eigenvalue weighted by Gasteiger charge is -2.58. The van der Waals surface area contributed by atoms with E-state index in [-0.39, 0.29) is 34.9 Å². The maximum atomic E-state index is 12.7. The Balaban J connectivity index is 1.19. The lowest BCUT2D eigenvalue weighted by atomic mass is 9.47. The van der Waals surface area contributed by atoms with E-state index >= 15 is 0 Å². The molecule has 48 heavy (non-hydrogen) atoms. The van der Waals surface area contributed by atoms with Gasteiger partial charge in [-0.1, -0.05) is 79.8 Å². The maximum absolute atomic E-state index is 12.7. The zero-order valence-corrected chi connectivity index (χ0v) is 32.5. The summed E-state index contributed by atoms with van der Waals surface area (Å²) in [6.07, 6.45) is 17.7. The van der Waals surface area contributed by atoms with E-state index in [1.807, 2.05) is 0 Å². The molecule has 3 fully saturated rings. The third-order valence-electron chi connectivity index (χ3n) is 12.1. The lowest BCUT2D eigenvalue weighted by molar-refractivity contribution is -0.148. The van der Waals surface area contributed by atoms with E-state index in [1.54, 1.807) is 20.8 Å². The van der Waals surface area contributed by atoms with Crippen molar-refractivity contribution in [2.24, 2.45) is 46.3 Å².